The Hall–Kier alpha value is -0.830. The smallest absolute Gasteiger partial charge is 0.209 e. The molecule has 0 saturated carbocycles. The summed E-state index contributed by atoms with van der Waals surface area (Å²) in [7, 11) is 0. The summed E-state index contributed by atoms with van der Waals surface area (Å²) in [4.78, 5) is 11.9. The number of piperidine rings is 1. The van der Waals surface area contributed by atoms with Crippen molar-refractivity contribution in [2.24, 2.45) is 5.73 Å². The number of carbonyl (C=O) groups excluding carboxylic acids is 1. The van der Waals surface area contributed by atoms with Crippen molar-refractivity contribution in [2.45, 2.75) is 25.8 Å². The molecule has 0 atom stereocenters. The average Bonchev–Trinajstić information content (AvgIpc) is 2.07. The van der Waals surface area contributed by atoms with Gasteiger partial charge in [-0.2, -0.15) is 0 Å². The molecular weight excluding hydrogens is 152 g/mol. The molecule has 1 aliphatic rings. The van der Waals surface area contributed by atoms with E-state index in [1.165, 1.54) is 0 Å². The van der Waals surface area contributed by atoms with E-state index in [-0.39, 0.29) is 0 Å². The summed E-state index contributed by atoms with van der Waals surface area (Å²) in [5.41, 5.74) is 5.61. The van der Waals surface area contributed by atoms with Crippen LogP contribution in [0, 0.1) is 0 Å². The van der Waals surface area contributed by atoms with Crippen molar-refractivity contribution in [3.63, 3.8) is 0 Å². The maximum atomic E-state index is 10.2. The highest BCUT2D eigenvalue weighted by Gasteiger charge is 2.13. The molecule has 0 radical (unpaired) electrons. The molecule has 0 bridgehead atoms. The zero-order valence-corrected chi connectivity index (χ0v) is 7.70. The van der Waals surface area contributed by atoms with Gasteiger partial charge in [0.15, 0.2) is 0 Å². The molecule has 1 aliphatic heterocycles. The molecule has 2 N–H and O–H groups in total. The van der Waals surface area contributed by atoms with Gasteiger partial charge in [-0.1, -0.05) is 6.08 Å². The minimum Gasteiger partial charge on any atom is -0.345 e. The first-order chi connectivity index (χ1) is 5.74. The van der Waals surface area contributed by atoms with Crippen molar-refractivity contribution in [1.29, 1.82) is 0 Å². The number of hydrogen-bond donors (Lipinski definition) is 1. The SMILES string of the molecule is C=CC.NC1CCN(C=O)CC1. The van der Waals surface area contributed by atoms with Crippen LogP contribution in [0.5, 0.6) is 0 Å². The van der Waals surface area contributed by atoms with Gasteiger partial charge in [-0.05, 0) is 19.8 Å². The molecule has 3 heteroatoms. The highest BCUT2D eigenvalue weighted by atomic mass is 16.1. The van der Waals surface area contributed by atoms with Gasteiger partial charge in [-0.15, -0.1) is 6.58 Å². The maximum Gasteiger partial charge on any atom is 0.209 e. The lowest BCUT2D eigenvalue weighted by Crippen LogP contribution is -2.38. The quantitative estimate of drug-likeness (QED) is 0.466. The third kappa shape index (κ3) is 4.91. The third-order valence-corrected chi connectivity index (χ3v) is 1.72. The van der Waals surface area contributed by atoms with Gasteiger partial charge in [-0.25, -0.2) is 0 Å². The Morgan fingerprint density at radius 2 is 1.92 bits per heavy atom. The lowest BCUT2D eigenvalue weighted by atomic mass is 10.1. The topological polar surface area (TPSA) is 46.3 Å². The Kier molecular flexibility index (Phi) is 6.38. The zero-order valence-electron chi connectivity index (χ0n) is 7.70. The predicted molar refractivity (Wildman–Crippen MR) is 50.7 cm³/mol. The molecule has 3 nitrogen and oxygen atoms in total. The van der Waals surface area contributed by atoms with Crippen LogP contribution in [0.4, 0.5) is 0 Å². The first-order valence-electron chi connectivity index (χ1n) is 4.26. The van der Waals surface area contributed by atoms with Crippen LogP contribution in [0.1, 0.15) is 19.8 Å². The predicted octanol–water partition coefficient (Wildman–Crippen LogP) is 0.758. The summed E-state index contributed by atoms with van der Waals surface area (Å²) >= 11 is 0. The molecule has 0 aliphatic carbocycles. The fraction of sp³-hybridized carbons (Fsp3) is 0.667. The second kappa shape index (κ2) is 6.85. The molecule has 0 aromatic carbocycles. The monoisotopic (exact) mass is 170 g/mol. The van der Waals surface area contributed by atoms with E-state index in [4.69, 9.17) is 5.73 Å². The van der Waals surface area contributed by atoms with E-state index < -0.39 is 0 Å². The largest absolute Gasteiger partial charge is 0.345 e. The van der Waals surface area contributed by atoms with Gasteiger partial charge in [0.2, 0.25) is 6.41 Å². The highest BCUT2D eigenvalue weighted by molar-refractivity contribution is 5.47. The highest BCUT2D eigenvalue weighted by Crippen LogP contribution is 2.04. The summed E-state index contributed by atoms with van der Waals surface area (Å²) in [5.74, 6) is 0. The van der Waals surface area contributed by atoms with Crippen LogP contribution in [-0.2, 0) is 4.79 Å². The Balaban J connectivity index is 0.000000354. The van der Waals surface area contributed by atoms with Crippen molar-refractivity contribution in [1.82, 2.24) is 4.90 Å². The number of allylic oxidation sites excluding steroid dienone is 1. The van der Waals surface area contributed by atoms with Crippen LogP contribution >= 0.6 is 0 Å². The van der Waals surface area contributed by atoms with E-state index in [1.54, 1.807) is 11.0 Å². The van der Waals surface area contributed by atoms with Gasteiger partial charge < -0.3 is 10.6 Å². The van der Waals surface area contributed by atoms with Crippen molar-refractivity contribution in [2.75, 3.05) is 13.1 Å². The van der Waals surface area contributed by atoms with Crippen LogP contribution < -0.4 is 5.73 Å². The standard InChI is InChI=1S/C6H12N2O.C3H6/c7-6-1-3-8(5-9)4-2-6;1-3-2/h5-6H,1-4,7H2;3H,1H2,2H3. The normalized spacial score (nSPS) is 17.7. The molecule has 12 heavy (non-hydrogen) atoms. The summed E-state index contributed by atoms with van der Waals surface area (Å²) < 4.78 is 0. The van der Waals surface area contributed by atoms with Gasteiger partial charge in [0.05, 0.1) is 0 Å². The van der Waals surface area contributed by atoms with Gasteiger partial charge in [0.1, 0.15) is 0 Å². The number of hydrogen-bond acceptors (Lipinski definition) is 2. The summed E-state index contributed by atoms with van der Waals surface area (Å²) in [6.07, 6.45) is 4.56. The molecule has 1 heterocycles. The molecule has 70 valence electrons. The second-order valence-electron chi connectivity index (χ2n) is 2.89. The molecule has 0 aromatic heterocycles. The van der Waals surface area contributed by atoms with Crippen LogP contribution in [0.15, 0.2) is 12.7 Å². The van der Waals surface area contributed by atoms with Crippen LogP contribution in [0.3, 0.4) is 0 Å². The van der Waals surface area contributed by atoms with E-state index in [0.717, 1.165) is 32.3 Å². The van der Waals surface area contributed by atoms with Crippen molar-refractivity contribution >= 4 is 6.41 Å². The number of likely N-dealkylation sites (tertiary alicyclic amines) is 1. The Labute approximate surface area is 74.2 Å². The molecule has 1 fully saturated rings. The molecule has 1 rings (SSSR count). The number of nitrogens with two attached hydrogens (primary N) is 1. The van der Waals surface area contributed by atoms with E-state index in [9.17, 15) is 4.79 Å². The number of nitrogens with zero attached hydrogens (tertiary/aromatic N) is 1. The Bertz CT molecular complexity index is 128. The van der Waals surface area contributed by atoms with E-state index in [2.05, 4.69) is 6.58 Å². The number of amides is 1. The molecular formula is C9H18N2O. The van der Waals surface area contributed by atoms with Crippen molar-refractivity contribution in [3.05, 3.63) is 12.7 Å². The van der Waals surface area contributed by atoms with E-state index in [1.807, 2.05) is 6.92 Å². The Morgan fingerprint density at radius 3 is 2.25 bits per heavy atom. The molecule has 0 spiro atoms. The van der Waals surface area contributed by atoms with Gasteiger partial charge in [0, 0.05) is 19.1 Å². The minimum absolute atomic E-state index is 0.321. The third-order valence-electron chi connectivity index (χ3n) is 1.72. The average molecular weight is 170 g/mol. The van der Waals surface area contributed by atoms with Crippen LogP contribution in [-0.4, -0.2) is 30.4 Å². The minimum atomic E-state index is 0.321. The van der Waals surface area contributed by atoms with Crippen LogP contribution in [0.25, 0.3) is 0 Å². The molecule has 1 saturated heterocycles. The fourth-order valence-electron chi connectivity index (χ4n) is 1.02. The molecule has 0 aromatic rings. The number of rotatable bonds is 1. The number of carbonyl (C=O) groups is 1. The fourth-order valence-corrected chi connectivity index (χ4v) is 1.02. The van der Waals surface area contributed by atoms with Crippen LogP contribution in [0.2, 0.25) is 0 Å². The van der Waals surface area contributed by atoms with E-state index >= 15 is 0 Å². The molecule has 1 amide bonds. The van der Waals surface area contributed by atoms with E-state index in [0.29, 0.717) is 6.04 Å². The zero-order chi connectivity index (χ0) is 9.40. The second-order valence-corrected chi connectivity index (χ2v) is 2.89. The van der Waals surface area contributed by atoms with Crippen molar-refractivity contribution in [3.8, 4) is 0 Å². The Morgan fingerprint density at radius 1 is 1.50 bits per heavy atom. The maximum absolute atomic E-state index is 10.2. The van der Waals surface area contributed by atoms with Gasteiger partial charge in [-0.3, -0.25) is 4.79 Å². The molecule has 0 unspecified atom stereocenters. The first-order valence-corrected chi connectivity index (χ1v) is 4.26. The lowest BCUT2D eigenvalue weighted by Gasteiger charge is -2.26. The summed E-state index contributed by atoms with van der Waals surface area (Å²) in [6, 6.07) is 0.321. The summed E-state index contributed by atoms with van der Waals surface area (Å²) in [6.45, 7) is 6.93. The lowest BCUT2D eigenvalue weighted by molar-refractivity contribution is -0.119. The first kappa shape index (κ1) is 11.2. The van der Waals surface area contributed by atoms with Gasteiger partial charge in [0.25, 0.3) is 0 Å². The summed E-state index contributed by atoms with van der Waals surface area (Å²) in [5, 5.41) is 0. The van der Waals surface area contributed by atoms with Gasteiger partial charge >= 0.3 is 0 Å². The van der Waals surface area contributed by atoms with Crippen molar-refractivity contribution < 1.29 is 4.79 Å².